The molecule has 0 fully saturated rings. The average Bonchev–Trinajstić information content (AvgIpc) is 2.42. The number of hydrogen-bond donors (Lipinski definition) is 1. The molecule has 0 aliphatic rings. The molecule has 1 atom stereocenters. The number of nitrogens with zero attached hydrogens (tertiary/aromatic N) is 1. The van der Waals surface area contributed by atoms with Gasteiger partial charge in [0.25, 0.3) is 5.91 Å². The van der Waals surface area contributed by atoms with Gasteiger partial charge in [0.2, 0.25) is 0 Å². The van der Waals surface area contributed by atoms with E-state index in [-0.39, 0.29) is 11.9 Å². The van der Waals surface area contributed by atoms with Gasteiger partial charge >= 0.3 is 0 Å². The minimum Gasteiger partial charge on any atom is -0.346 e. The number of pyridine rings is 1. The molecule has 98 valence electrons. The summed E-state index contributed by atoms with van der Waals surface area (Å²) in [5.74, 6) is -0.0366. The molecule has 1 N–H and O–H groups in total. The maximum absolute atomic E-state index is 12.3. The highest BCUT2D eigenvalue weighted by atomic mass is 16.1. The van der Waals surface area contributed by atoms with E-state index in [1.807, 2.05) is 51.1 Å². The lowest BCUT2D eigenvalue weighted by Crippen LogP contribution is -2.27. The van der Waals surface area contributed by atoms with Crippen LogP contribution in [0.25, 0.3) is 0 Å². The molecule has 0 bridgehead atoms. The van der Waals surface area contributed by atoms with Crippen molar-refractivity contribution in [2.24, 2.45) is 0 Å². The van der Waals surface area contributed by atoms with E-state index in [9.17, 15) is 4.79 Å². The van der Waals surface area contributed by atoms with E-state index < -0.39 is 0 Å². The Bertz CT molecular complexity index is 579. The summed E-state index contributed by atoms with van der Waals surface area (Å²) < 4.78 is 0. The summed E-state index contributed by atoms with van der Waals surface area (Å²) >= 11 is 0. The summed E-state index contributed by atoms with van der Waals surface area (Å²) in [4.78, 5) is 16.3. The van der Waals surface area contributed by atoms with Crippen LogP contribution in [0.3, 0.4) is 0 Å². The number of aromatic nitrogens is 1. The van der Waals surface area contributed by atoms with Crippen molar-refractivity contribution in [2.75, 3.05) is 0 Å². The number of hydrogen-bond acceptors (Lipinski definition) is 2. The van der Waals surface area contributed by atoms with Crippen LogP contribution in [0.15, 0.2) is 42.7 Å². The second-order valence-electron chi connectivity index (χ2n) is 4.79. The van der Waals surface area contributed by atoms with Gasteiger partial charge in [0.1, 0.15) is 0 Å². The summed E-state index contributed by atoms with van der Waals surface area (Å²) in [6, 6.07) is 9.70. The van der Waals surface area contributed by atoms with Crippen LogP contribution in [0.1, 0.15) is 40.0 Å². The van der Waals surface area contributed by atoms with Gasteiger partial charge in [0.15, 0.2) is 0 Å². The van der Waals surface area contributed by atoms with E-state index in [1.54, 1.807) is 12.4 Å². The van der Waals surface area contributed by atoms with Crippen molar-refractivity contribution in [3.63, 3.8) is 0 Å². The fraction of sp³-hybridized carbons (Fsp3) is 0.250. The van der Waals surface area contributed by atoms with E-state index in [2.05, 4.69) is 10.3 Å². The Morgan fingerprint density at radius 2 is 1.84 bits per heavy atom. The van der Waals surface area contributed by atoms with Gasteiger partial charge in [-0.3, -0.25) is 9.78 Å². The third-order valence-electron chi connectivity index (χ3n) is 3.19. The monoisotopic (exact) mass is 254 g/mol. The van der Waals surface area contributed by atoms with Gasteiger partial charge in [-0.05, 0) is 50.1 Å². The number of carbonyl (C=O) groups is 1. The first-order valence-corrected chi connectivity index (χ1v) is 6.36. The molecule has 0 radical (unpaired) electrons. The van der Waals surface area contributed by atoms with Crippen molar-refractivity contribution in [1.29, 1.82) is 0 Å². The third kappa shape index (κ3) is 3.19. The summed E-state index contributed by atoms with van der Waals surface area (Å²) in [7, 11) is 0. The van der Waals surface area contributed by atoms with E-state index in [0.29, 0.717) is 0 Å². The van der Waals surface area contributed by atoms with Gasteiger partial charge in [0, 0.05) is 18.0 Å². The van der Waals surface area contributed by atoms with Crippen molar-refractivity contribution in [3.8, 4) is 0 Å². The molecule has 0 saturated carbocycles. The SMILES string of the molecule is Cc1ccc(C)c(C(=O)NC(C)c2ccncc2)c1. The molecule has 0 spiro atoms. The minimum atomic E-state index is -0.0366. The third-order valence-corrected chi connectivity index (χ3v) is 3.19. The van der Waals surface area contributed by atoms with Crippen LogP contribution in [0.4, 0.5) is 0 Å². The number of carbonyl (C=O) groups excluding carboxylic acids is 1. The second kappa shape index (κ2) is 5.65. The van der Waals surface area contributed by atoms with Gasteiger partial charge in [-0.25, -0.2) is 0 Å². The summed E-state index contributed by atoms with van der Waals surface area (Å²) in [5.41, 5.74) is 3.87. The number of amides is 1. The van der Waals surface area contributed by atoms with Crippen LogP contribution in [0, 0.1) is 13.8 Å². The zero-order valence-corrected chi connectivity index (χ0v) is 11.5. The topological polar surface area (TPSA) is 42.0 Å². The highest BCUT2D eigenvalue weighted by Gasteiger charge is 2.13. The fourth-order valence-electron chi connectivity index (χ4n) is 1.99. The molecule has 3 heteroatoms. The van der Waals surface area contributed by atoms with Gasteiger partial charge in [-0.1, -0.05) is 17.7 Å². The predicted octanol–water partition coefficient (Wildman–Crippen LogP) is 3.19. The summed E-state index contributed by atoms with van der Waals surface area (Å²) in [5, 5.41) is 3.01. The second-order valence-corrected chi connectivity index (χ2v) is 4.79. The van der Waals surface area contributed by atoms with Crippen LogP contribution in [0.2, 0.25) is 0 Å². The molecule has 1 unspecified atom stereocenters. The molecule has 0 aliphatic carbocycles. The Morgan fingerprint density at radius 3 is 2.53 bits per heavy atom. The Hall–Kier alpha value is -2.16. The normalized spacial score (nSPS) is 11.9. The molecule has 2 aromatic rings. The van der Waals surface area contributed by atoms with E-state index in [0.717, 1.165) is 22.3 Å². The van der Waals surface area contributed by atoms with Crippen LogP contribution in [-0.4, -0.2) is 10.9 Å². The van der Waals surface area contributed by atoms with Crippen LogP contribution >= 0.6 is 0 Å². The smallest absolute Gasteiger partial charge is 0.252 e. The van der Waals surface area contributed by atoms with E-state index in [1.165, 1.54) is 0 Å². The maximum atomic E-state index is 12.3. The lowest BCUT2D eigenvalue weighted by Gasteiger charge is -2.15. The molecule has 0 saturated heterocycles. The van der Waals surface area contributed by atoms with E-state index in [4.69, 9.17) is 0 Å². The molecule has 2 rings (SSSR count). The molecular formula is C16H18N2O. The fourth-order valence-corrected chi connectivity index (χ4v) is 1.99. The minimum absolute atomic E-state index is 0.0320. The molecule has 1 aromatic heterocycles. The van der Waals surface area contributed by atoms with Gasteiger partial charge in [-0.2, -0.15) is 0 Å². The highest BCUT2D eigenvalue weighted by Crippen LogP contribution is 2.14. The predicted molar refractivity (Wildman–Crippen MR) is 76.0 cm³/mol. The zero-order chi connectivity index (χ0) is 13.8. The van der Waals surface area contributed by atoms with Crippen LogP contribution in [-0.2, 0) is 0 Å². The highest BCUT2D eigenvalue weighted by molar-refractivity contribution is 5.96. The number of rotatable bonds is 3. The van der Waals surface area contributed by atoms with Crippen molar-refractivity contribution >= 4 is 5.91 Å². The summed E-state index contributed by atoms with van der Waals surface area (Å²) in [6.45, 7) is 5.91. The number of aryl methyl sites for hydroxylation is 2. The largest absolute Gasteiger partial charge is 0.346 e. The average molecular weight is 254 g/mol. The maximum Gasteiger partial charge on any atom is 0.252 e. The first-order chi connectivity index (χ1) is 9.08. The Balaban J connectivity index is 2.15. The molecule has 19 heavy (non-hydrogen) atoms. The molecule has 1 aromatic carbocycles. The molecular weight excluding hydrogens is 236 g/mol. The van der Waals surface area contributed by atoms with Crippen molar-refractivity contribution < 1.29 is 4.79 Å². The lowest BCUT2D eigenvalue weighted by molar-refractivity contribution is 0.0939. The van der Waals surface area contributed by atoms with Crippen molar-refractivity contribution in [3.05, 3.63) is 65.0 Å². The van der Waals surface area contributed by atoms with Crippen molar-refractivity contribution in [1.82, 2.24) is 10.3 Å². The van der Waals surface area contributed by atoms with Crippen molar-refractivity contribution in [2.45, 2.75) is 26.8 Å². The Kier molecular flexibility index (Phi) is 3.95. The summed E-state index contributed by atoms with van der Waals surface area (Å²) in [6.07, 6.45) is 3.46. The van der Waals surface area contributed by atoms with Crippen LogP contribution in [0.5, 0.6) is 0 Å². The molecule has 1 heterocycles. The molecule has 1 amide bonds. The van der Waals surface area contributed by atoms with Crippen LogP contribution < -0.4 is 5.32 Å². The quantitative estimate of drug-likeness (QED) is 0.914. The Labute approximate surface area is 113 Å². The molecule has 3 nitrogen and oxygen atoms in total. The lowest BCUT2D eigenvalue weighted by atomic mass is 10.0. The van der Waals surface area contributed by atoms with Gasteiger partial charge in [0.05, 0.1) is 6.04 Å². The van der Waals surface area contributed by atoms with E-state index >= 15 is 0 Å². The van der Waals surface area contributed by atoms with Gasteiger partial charge < -0.3 is 5.32 Å². The number of benzene rings is 1. The Morgan fingerprint density at radius 1 is 1.16 bits per heavy atom. The first-order valence-electron chi connectivity index (χ1n) is 6.36. The number of nitrogens with one attached hydrogen (secondary N) is 1. The van der Waals surface area contributed by atoms with Gasteiger partial charge in [-0.15, -0.1) is 0 Å². The zero-order valence-electron chi connectivity index (χ0n) is 11.5. The molecule has 0 aliphatic heterocycles. The standard InChI is InChI=1S/C16H18N2O/c1-11-4-5-12(2)15(10-11)16(19)18-13(3)14-6-8-17-9-7-14/h4-10,13H,1-3H3,(H,18,19). The first kappa shape index (κ1) is 13.3.